The molecule has 1 aromatic heterocycles. The van der Waals surface area contributed by atoms with E-state index in [1.807, 2.05) is 10.7 Å². The normalized spacial score (nSPS) is 12.3. The van der Waals surface area contributed by atoms with Crippen molar-refractivity contribution in [2.24, 2.45) is 0 Å². The van der Waals surface area contributed by atoms with E-state index in [2.05, 4.69) is 78.8 Å². The SMILES string of the molecule is Cc1ccc(C)c(-n2nnnc2S[C@H](C)c2ccccc2)c1. The maximum absolute atomic E-state index is 4.19. The Kier molecular flexibility index (Phi) is 4.24. The van der Waals surface area contributed by atoms with E-state index in [1.165, 1.54) is 11.1 Å². The summed E-state index contributed by atoms with van der Waals surface area (Å²) in [6.07, 6.45) is 0. The van der Waals surface area contributed by atoms with Crippen molar-refractivity contribution < 1.29 is 0 Å². The molecule has 0 N–H and O–H groups in total. The lowest BCUT2D eigenvalue weighted by atomic mass is 10.1. The number of tetrazole rings is 1. The molecule has 112 valence electrons. The molecule has 1 heterocycles. The standard InChI is InChI=1S/C17H18N4S/c1-12-9-10-13(2)16(11-12)21-17(18-19-20-21)22-14(3)15-7-5-4-6-8-15/h4-11,14H,1-3H3/t14-/m1/s1. The third-order valence-electron chi connectivity index (χ3n) is 3.58. The second-order valence-corrected chi connectivity index (χ2v) is 6.64. The Morgan fingerprint density at radius 1 is 1.05 bits per heavy atom. The molecule has 4 nitrogen and oxygen atoms in total. The van der Waals surface area contributed by atoms with Crippen LogP contribution < -0.4 is 0 Å². The zero-order valence-corrected chi connectivity index (χ0v) is 13.7. The molecule has 0 radical (unpaired) electrons. The summed E-state index contributed by atoms with van der Waals surface area (Å²) in [4.78, 5) is 0. The highest BCUT2D eigenvalue weighted by Crippen LogP contribution is 2.34. The largest absolute Gasteiger partial charge is 0.214 e. The first kappa shape index (κ1) is 14.8. The van der Waals surface area contributed by atoms with Gasteiger partial charge in [-0.3, -0.25) is 0 Å². The first-order valence-electron chi connectivity index (χ1n) is 7.23. The summed E-state index contributed by atoms with van der Waals surface area (Å²) in [5.74, 6) is 0. The van der Waals surface area contributed by atoms with E-state index in [0.717, 1.165) is 16.4 Å². The van der Waals surface area contributed by atoms with E-state index in [0.29, 0.717) is 0 Å². The van der Waals surface area contributed by atoms with Crippen LogP contribution in [0.5, 0.6) is 0 Å². The molecule has 0 fully saturated rings. The molecule has 0 bridgehead atoms. The first-order valence-corrected chi connectivity index (χ1v) is 8.11. The van der Waals surface area contributed by atoms with Crippen LogP contribution in [0.25, 0.3) is 5.69 Å². The van der Waals surface area contributed by atoms with E-state index < -0.39 is 0 Å². The number of thioether (sulfide) groups is 1. The lowest BCUT2D eigenvalue weighted by Crippen LogP contribution is -2.03. The third kappa shape index (κ3) is 3.04. The van der Waals surface area contributed by atoms with Gasteiger partial charge in [-0.2, -0.15) is 4.68 Å². The van der Waals surface area contributed by atoms with E-state index in [1.54, 1.807) is 11.8 Å². The molecule has 2 aromatic carbocycles. The van der Waals surface area contributed by atoms with Gasteiger partial charge >= 0.3 is 0 Å². The summed E-state index contributed by atoms with van der Waals surface area (Å²) in [7, 11) is 0. The molecular formula is C17H18N4S. The van der Waals surface area contributed by atoms with E-state index in [4.69, 9.17) is 0 Å². The van der Waals surface area contributed by atoms with Gasteiger partial charge in [0, 0.05) is 5.25 Å². The van der Waals surface area contributed by atoms with Gasteiger partial charge < -0.3 is 0 Å². The summed E-state index contributed by atoms with van der Waals surface area (Å²) in [6, 6.07) is 16.7. The molecule has 3 rings (SSSR count). The zero-order chi connectivity index (χ0) is 15.5. The predicted octanol–water partition coefficient (Wildman–Crippen LogP) is 4.13. The van der Waals surface area contributed by atoms with Gasteiger partial charge in [0.05, 0.1) is 5.69 Å². The zero-order valence-electron chi connectivity index (χ0n) is 12.9. The van der Waals surface area contributed by atoms with Crippen molar-refractivity contribution in [3.05, 3.63) is 65.2 Å². The number of hydrogen-bond donors (Lipinski definition) is 0. The number of hydrogen-bond acceptors (Lipinski definition) is 4. The Morgan fingerprint density at radius 2 is 1.82 bits per heavy atom. The molecular weight excluding hydrogens is 292 g/mol. The van der Waals surface area contributed by atoms with Crippen LogP contribution in [-0.4, -0.2) is 20.2 Å². The van der Waals surface area contributed by atoms with Crippen molar-refractivity contribution in [1.82, 2.24) is 20.2 Å². The second-order valence-electron chi connectivity index (χ2n) is 5.33. The van der Waals surface area contributed by atoms with Crippen LogP contribution in [0.1, 0.15) is 28.9 Å². The minimum Gasteiger partial charge on any atom is -0.187 e. The lowest BCUT2D eigenvalue weighted by molar-refractivity contribution is 0.750. The summed E-state index contributed by atoms with van der Waals surface area (Å²) < 4.78 is 1.83. The summed E-state index contributed by atoms with van der Waals surface area (Å²) in [5.41, 5.74) is 4.66. The number of benzene rings is 2. The first-order chi connectivity index (χ1) is 10.6. The average molecular weight is 310 g/mol. The predicted molar refractivity (Wildman–Crippen MR) is 89.3 cm³/mol. The van der Waals surface area contributed by atoms with Gasteiger partial charge in [-0.05, 0) is 54.0 Å². The molecule has 0 amide bonds. The van der Waals surface area contributed by atoms with E-state index in [-0.39, 0.29) is 5.25 Å². The molecule has 0 aliphatic heterocycles. The van der Waals surface area contributed by atoms with Gasteiger partial charge in [-0.15, -0.1) is 5.10 Å². The van der Waals surface area contributed by atoms with Crippen LogP contribution in [0, 0.1) is 13.8 Å². The van der Waals surface area contributed by atoms with Gasteiger partial charge in [-0.25, -0.2) is 0 Å². The Hall–Kier alpha value is -2.14. The minimum absolute atomic E-state index is 0.288. The van der Waals surface area contributed by atoms with Crippen molar-refractivity contribution in [2.45, 2.75) is 31.2 Å². The van der Waals surface area contributed by atoms with Crippen LogP contribution in [-0.2, 0) is 0 Å². The van der Waals surface area contributed by atoms with Crippen molar-refractivity contribution in [1.29, 1.82) is 0 Å². The molecule has 3 aromatic rings. The van der Waals surface area contributed by atoms with Crippen molar-refractivity contribution >= 4 is 11.8 Å². The fourth-order valence-corrected chi connectivity index (χ4v) is 3.23. The maximum atomic E-state index is 4.19. The number of rotatable bonds is 4. The van der Waals surface area contributed by atoms with Gasteiger partial charge in [-0.1, -0.05) is 54.2 Å². The Balaban J connectivity index is 1.91. The van der Waals surface area contributed by atoms with Gasteiger partial charge in [0.1, 0.15) is 0 Å². The van der Waals surface area contributed by atoms with Gasteiger partial charge in [0.25, 0.3) is 0 Å². The maximum Gasteiger partial charge on any atom is 0.214 e. The molecule has 0 unspecified atom stereocenters. The van der Waals surface area contributed by atoms with Crippen LogP contribution in [0.4, 0.5) is 0 Å². The molecule has 22 heavy (non-hydrogen) atoms. The molecule has 0 saturated heterocycles. The lowest BCUT2D eigenvalue weighted by Gasteiger charge is -2.12. The van der Waals surface area contributed by atoms with Crippen LogP contribution in [0.2, 0.25) is 0 Å². The van der Waals surface area contributed by atoms with Crippen molar-refractivity contribution in [3.63, 3.8) is 0 Å². The Labute approximate surface area is 134 Å². The van der Waals surface area contributed by atoms with Crippen molar-refractivity contribution in [3.8, 4) is 5.69 Å². The second kappa shape index (κ2) is 6.32. The highest BCUT2D eigenvalue weighted by atomic mass is 32.2. The number of aromatic nitrogens is 4. The van der Waals surface area contributed by atoms with E-state index >= 15 is 0 Å². The summed E-state index contributed by atoms with van der Waals surface area (Å²) in [5, 5.41) is 13.3. The fraction of sp³-hybridized carbons (Fsp3) is 0.235. The van der Waals surface area contributed by atoms with Crippen molar-refractivity contribution in [2.75, 3.05) is 0 Å². The number of nitrogens with zero attached hydrogens (tertiary/aromatic N) is 4. The average Bonchev–Trinajstić information content (AvgIpc) is 2.98. The van der Waals surface area contributed by atoms with Gasteiger partial charge in [0.2, 0.25) is 5.16 Å². The highest BCUT2D eigenvalue weighted by molar-refractivity contribution is 7.99. The van der Waals surface area contributed by atoms with Crippen LogP contribution >= 0.6 is 11.8 Å². The molecule has 0 aliphatic rings. The number of aryl methyl sites for hydroxylation is 2. The molecule has 0 saturated carbocycles. The Morgan fingerprint density at radius 3 is 2.59 bits per heavy atom. The minimum atomic E-state index is 0.288. The monoisotopic (exact) mass is 310 g/mol. The van der Waals surface area contributed by atoms with E-state index in [9.17, 15) is 0 Å². The summed E-state index contributed by atoms with van der Waals surface area (Å²) in [6.45, 7) is 6.32. The Bertz CT molecular complexity index is 767. The quantitative estimate of drug-likeness (QED) is 0.680. The van der Waals surface area contributed by atoms with Crippen LogP contribution in [0.15, 0.2) is 53.7 Å². The van der Waals surface area contributed by atoms with Crippen LogP contribution in [0.3, 0.4) is 0 Å². The topological polar surface area (TPSA) is 43.6 Å². The molecule has 5 heteroatoms. The smallest absolute Gasteiger partial charge is 0.187 e. The molecule has 0 aliphatic carbocycles. The highest BCUT2D eigenvalue weighted by Gasteiger charge is 2.15. The molecule has 0 spiro atoms. The third-order valence-corrected chi connectivity index (χ3v) is 4.68. The van der Waals surface area contributed by atoms with Gasteiger partial charge in [0.15, 0.2) is 0 Å². The molecule has 1 atom stereocenters. The summed E-state index contributed by atoms with van der Waals surface area (Å²) >= 11 is 1.67. The fourth-order valence-electron chi connectivity index (χ4n) is 2.30.